The highest BCUT2D eigenvalue weighted by atomic mass is 35.5. The zero-order chi connectivity index (χ0) is 22.7. The number of pyridine rings is 2. The van der Waals surface area contributed by atoms with E-state index in [0.717, 1.165) is 18.9 Å². The van der Waals surface area contributed by atoms with Crippen molar-refractivity contribution in [3.05, 3.63) is 70.5 Å². The summed E-state index contributed by atoms with van der Waals surface area (Å²) in [6, 6.07) is 12.1. The van der Waals surface area contributed by atoms with Gasteiger partial charge in [-0.15, -0.1) is 0 Å². The number of carbonyl (C=O) groups excluding carboxylic acids is 1. The van der Waals surface area contributed by atoms with Crippen LogP contribution in [0.1, 0.15) is 24.2 Å². The minimum Gasteiger partial charge on any atom is -0.438 e. The summed E-state index contributed by atoms with van der Waals surface area (Å²) in [5.41, 5.74) is 1.10. The number of morpholine rings is 1. The Labute approximate surface area is 196 Å². The van der Waals surface area contributed by atoms with Crippen molar-refractivity contribution in [3.63, 3.8) is 0 Å². The van der Waals surface area contributed by atoms with Gasteiger partial charge in [0.1, 0.15) is 16.6 Å². The molecule has 0 bridgehead atoms. The highest BCUT2D eigenvalue weighted by molar-refractivity contribution is 6.35. The predicted molar refractivity (Wildman–Crippen MR) is 125 cm³/mol. The lowest BCUT2D eigenvalue weighted by atomic mass is 10.2. The normalized spacial score (nSPS) is 18.3. The molecule has 166 valence electrons. The predicted octanol–water partition coefficient (Wildman–Crippen LogP) is 5.44. The van der Waals surface area contributed by atoms with Gasteiger partial charge in [-0.3, -0.25) is 4.79 Å². The standard InChI is InChI=1S/C23H22Cl2N4O3/c1-14-12-29(13-15(2)31-14)21-8-3-16(10-26-21)22(30)28-18-4-6-19(7-5-18)32-23-20(25)9-17(24)11-27-23/h3-11,14-15H,12-13H2,1-2H3,(H,28,30). The van der Waals surface area contributed by atoms with E-state index in [2.05, 4.69) is 20.2 Å². The molecule has 32 heavy (non-hydrogen) atoms. The molecule has 1 saturated heterocycles. The molecule has 0 spiro atoms. The first-order valence-electron chi connectivity index (χ1n) is 10.1. The number of ether oxygens (including phenoxy) is 2. The fraction of sp³-hybridized carbons (Fsp3) is 0.261. The number of benzene rings is 1. The average molecular weight is 473 g/mol. The number of nitrogens with zero attached hydrogens (tertiary/aromatic N) is 3. The fourth-order valence-corrected chi connectivity index (χ4v) is 3.89. The molecule has 1 aromatic carbocycles. The van der Waals surface area contributed by atoms with Crippen LogP contribution >= 0.6 is 23.2 Å². The van der Waals surface area contributed by atoms with Gasteiger partial charge in [0.05, 0.1) is 22.8 Å². The van der Waals surface area contributed by atoms with E-state index in [1.54, 1.807) is 42.6 Å². The lowest BCUT2D eigenvalue weighted by molar-refractivity contribution is -0.00546. The number of nitrogens with one attached hydrogen (secondary N) is 1. The van der Waals surface area contributed by atoms with Crippen LogP contribution in [0.2, 0.25) is 10.0 Å². The lowest BCUT2D eigenvalue weighted by Crippen LogP contribution is -2.45. The Morgan fingerprint density at radius 1 is 1.06 bits per heavy atom. The third-order valence-electron chi connectivity index (χ3n) is 4.85. The van der Waals surface area contributed by atoms with E-state index in [1.165, 1.54) is 6.20 Å². The van der Waals surface area contributed by atoms with Crippen molar-refractivity contribution < 1.29 is 14.3 Å². The zero-order valence-electron chi connectivity index (χ0n) is 17.6. The molecule has 3 heterocycles. The molecule has 1 fully saturated rings. The Morgan fingerprint density at radius 2 is 1.78 bits per heavy atom. The second kappa shape index (κ2) is 9.73. The van der Waals surface area contributed by atoms with Crippen LogP contribution in [0, 0.1) is 0 Å². The second-order valence-electron chi connectivity index (χ2n) is 7.59. The monoisotopic (exact) mass is 472 g/mol. The van der Waals surface area contributed by atoms with Gasteiger partial charge in [0.15, 0.2) is 0 Å². The Kier molecular flexibility index (Phi) is 6.79. The largest absolute Gasteiger partial charge is 0.438 e. The van der Waals surface area contributed by atoms with Crippen LogP contribution in [0.25, 0.3) is 0 Å². The maximum absolute atomic E-state index is 12.6. The maximum Gasteiger partial charge on any atom is 0.257 e. The van der Waals surface area contributed by atoms with E-state index >= 15 is 0 Å². The molecule has 3 aromatic rings. The molecule has 2 unspecified atom stereocenters. The van der Waals surface area contributed by atoms with Gasteiger partial charge in [0.2, 0.25) is 5.88 Å². The summed E-state index contributed by atoms with van der Waals surface area (Å²) in [4.78, 5) is 23.3. The number of anilines is 2. The molecule has 0 aliphatic carbocycles. The molecule has 0 saturated carbocycles. The van der Waals surface area contributed by atoms with Gasteiger partial charge in [-0.05, 0) is 56.3 Å². The van der Waals surface area contributed by atoms with Crippen molar-refractivity contribution in [1.29, 1.82) is 0 Å². The van der Waals surface area contributed by atoms with Crippen molar-refractivity contribution in [2.75, 3.05) is 23.3 Å². The molecule has 2 aromatic heterocycles. The number of halogens is 2. The Bertz CT molecular complexity index is 1080. The number of hydrogen-bond donors (Lipinski definition) is 1. The van der Waals surface area contributed by atoms with Gasteiger partial charge >= 0.3 is 0 Å². The molecule has 1 N–H and O–H groups in total. The SMILES string of the molecule is CC1CN(c2ccc(C(=O)Nc3ccc(Oc4ncc(Cl)cc4Cl)cc3)cn2)CC(C)O1. The first kappa shape index (κ1) is 22.3. The number of hydrogen-bond acceptors (Lipinski definition) is 6. The van der Waals surface area contributed by atoms with Crippen molar-refractivity contribution in [2.24, 2.45) is 0 Å². The molecule has 1 amide bonds. The lowest BCUT2D eigenvalue weighted by Gasteiger charge is -2.36. The van der Waals surface area contributed by atoms with E-state index in [9.17, 15) is 4.79 Å². The Balaban J connectivity index is 1.37. The van der Waals surface area contributed by atoms with E-state index < -0.39 is 0 Å². The van der Waals surface area contributed by atoms with Gasteiger partial charge in [0.25, 0.3) is 5.91 Å². The molecule has 9 heteroatoms. The quantitative estimate of drug-likeness (QED) is 0.532. The van der Waals surface area contributed by atoms with E-state index in [4.69, 9.17) is 32.7 Å². The van der Waals surface area contributed by atoms with Gasteiger partial charge < -0.3 is 19.7 Å². The highest BCUT2D eigenvalue weighted by Gasteiger charge is 2.23. The molecule has 1 aliphatic heterocycles. The smallest absolute Gasteiger partial charge is 0.257 e. The second-order valence-corrected chi connectivity index (χ2v) is 8.43. The topological polar surface area (TPSA) is 76.6 Å². The number of amides is 1. The minimum atomic E-state index is -0.246. The highest BCUT2D eigenvalue weighted by Crippen LogP contribution is 2.29. The summed E-state index contributed by atoms with van der Waals surface area (Å²) in [5, 5.41) is 3.59. The van der Waals surface area contributed by atoms with Crippen LogP contribution in [0.3, 0.4) is 0 Å². The fourth-order valence-electron chi connectivity index (χ4n) is 3.47. The maximum atomic E-state index is 12.6. The van der Waals surface area contributed by atoms with Crippen LogP contribution in [0.15, 0.2) is 54.9 Å². The van der Waals surface area contributed by atoms with Crippen molar-refractivity contribution >= 4 is 40.6 Å². The molecular formula is C23H22Cl2N4O3. The molecular weight excluding hydrogens is 451 g/mol. The van der Waals surface area contributed by atoms with Crippen LogP contribution in [-0.4, -0.2) is 41.2 Å². The van der Waals surface area contributed by atoms with Crippen molar-refractivity contribution in [3.8, 4) is 11.6 Å². The number of aromatic nitrogens is 2. The Morgan fingerprint density at radius 3 is 2.41 bits per heavy atom. The summed E-state index contributed by atoms with van der Waals surface area (Å²) in [7, 11) is 0. The third kappa shape index (κ3) is 5.48. The van der Waals surface area contributed by atoms with Gasteiger partial charge in [0, 0.05) is 31.2 Å². The first-order valence-corrected chi connectivity index (χ1v) is 10.9. The van der Waals surface area contributed by atoms with Gasteiger partial charge in [-0.2, -0.15) is 0 Å². The molecule has 2 atom stereocenters. The molecule has 1 aliphatic rings. The summed E-state index contributed by atoms with van der Waals surface area (Å²) < 4.78 is 11.4. The van der Waals surface area contributed by atoms with Crippen molar-refractivity contribution in [1.82, 2.24) is 9.97 Å². The first-order chi connectivity index (χ1) is 15.4. The molecule has 0 radical (unpaired) electrons. The summed E-state index contributed by atoms with van der Waals surface area (Å²) in [6.45, 7) is 5.63. The van der Waals surface area contributed by atoms with Crippen molar-refractivity contribution in [2.45, 2.75) is 26.1 Å². The molecule has 4 rings (SSSR count). The Hall–Kier alpha value is -2.87. The summed E-state index contributed by atoms with van der Waals surface area (Å²) in [5.74, 6) is 1.37. The summed E-state index contributed by atoms with van der Waals surface area (Å²) >= 11 is 11.9. The zero-order valence-corrected chi connectivity index (χ0v) is 19.1. The van der Waals surface area contributed by atoms with E-state index in [0.29, 0.717) is 27.0 Å². The number of carbonyl (C=O) groups is 1. The van der Waals surface area contributed by atoms with E-state index in [-0.39, 0.29) is 24.0 Å². The van der Waals surface area contributed by atoms with Crippen LogP contribution in [-0.2, 0) is 4.74 Å². The van der Waals surface area contributed by atoms with E-state index in [1.807, 2.05) is 19.9 Å². The minimum absolute atomic E-state index is 0.141. The van der Waals surface area contributed by atoms with Crippen LogP contribution < -0.4 is 15.0 Å². The average Bonchev–Trinajstić information content (AvgIpc) is 2.76. The third-order valence-corrected chi connectivity index (χ3v) is 5.33. The number of rotatable bonds is 5. The van der Waals surface area contributed by atoms with Gasteiger partial charge in [-0.25, -0.2) is 9.97 Å². The summed E-state index contributed by atoms with van der Waals surface area (Å²) in [6.07, 6.45) is 3.32. The van der Waals surface area contributed by atoms with Crippen LogP contribution in [0.5, 0.6) is 11.6 Å². The van der Waals surface area contributed by atoms with Crippen LogP contribution in [0.4, 0.5) is 11.5 Å². The molecule has 7 nitrogen and oxygen atoms in total. The van der Waals surface area contributed by atoms with Gasteiger partial charge in [-0.1, -0.05) is 23.2 Å².